The lowest BCUT2D eigenvalue weighted by Crippen LogP contribution is -2.46. The maximum Gasteiger partial charge on any atom is 0.160 e. The fraction of sp³-hybridized carbons (Fsp3) is 0.0556. The van der Waals surface area contributed by atoms with Gasteiger partial charge in [0.25, 0.3) is 0 Å². The molecule has 9 aromatic carbocycles. The predicted molar refractivity (Wildman–Crippen MR) is 244 cm³/mol. The monoisotopic (exact) mass is 758 g/mol. The summed E-state index contributed by atoms with van der Waals surface area (Å²) >= 11 is 0. The SMILES string of the molecule is CN1C(c2ccccc2)N=C(c2ccc3c(oc4ccccc43)c2-n2c3cc4ccccc4cc3c3cc4ccccc4cc32)NC1c1cccc(-c2ccccc2)c1. The summed E-state index contributed by atoms with van der Waals surface area (Å²) in [6.45, 7) is 0. The summed E-state index contributed by atoms with van der Waals surface area (Å²) in [5, 5.41) is 13.3. The average molecular weight is 759 g/mol. The molecule has 0 spiro atoms. The van der Waals surface area contributed by atoms with Crippen LogP contribution in [0.15, 0.2) is 204 Å². The standard InChI is InChI=1S/C54H38N4O/c1-57-53(35-17-6-3-7-18-35)55-52(56-54(57)41-24-14-23-36(29-41)34-15-4-2-5-16-34)44-28-27-43-42-25-12-13-26-49(42)59-51(43)50(44)58-47-32-39-21-10-8-19-37(39)30-45(47)46-31-38-20-9-11-22-40(38)33-48(46)58/h2-33,53-54H,1H3,(H,55,56). The molecule has 0 amide bonds. The molecule has 0 radical (unpaired) electrons. The van der Waals surface area contributed by atoms with Gasteiger partial charge in [-0.1, -0.05) is 146 Å². The van der Waals surface area contributed by atoms with E-state index in [4.69, 9.17) is 9.41 Å². The number of nitrogens with one attached hydrogen (secondary N) is 1. The minimum absolute atomic E-state index is 0.193. The maximum absolute atomic E-state index is 7.01. The van der Waals surface area contributed by atoms with Crippen LogP contribution in [-0.2, 0) is 0 Å². The van der Waals surface area contributed by atoms with E-state index < -0.39 is 0 Å². The van der Waals surface area contributed by atoms with Crippen LogP contribution >= 0.6 is 0 Å². The number of hydrogen-bond donors (Lipinski definition) is 1. The minimum Gasteiger partial charge on any atom is -0.454 e. The van der Waals surface area contributed by atoms with Crippen molar-refractivity contribution in [2.75, 3.05) is 7.05 Å². The van der Waals surface area contributed by atoms with E-state index in [1.165, 1.54) is 43.4 Å². The first kappa shape index (κ1) is 33.6. The van der Waals surface area contributed by atoms with Gasteiger partial charge in [-0.05, 0) is 99.4 Å². The van der Waals surface area contributed by atoms with Gasteiger partial charge < -0.3 is 14.3 Å². The summed E-state index contributed by atoms with van der Waals surface area (Å²) in [7, 11) is 2.16. The zero-order valence-electron chi connectivity index (χ0n) is 32.4. The summed E-state index contributed by atoms with van der Waals surface area (Å²) in [5.74, 6) is 0.806. The molecule has 2 atom stereocenters. The van der Waals surface area contributed by atoms with Gasteiger partial charge in [-0.2, -0.15) is 0 Å². The van der Waals surface area contributed by atoms with E-state index in [0.29, 0.717) is 0 Å². The lowest BCUT2D eigenvalue weighted by Gasteiger charge is -2.39. The van der Waals surface area contributed by atoms with Crippen LogP contribution in [-0.4, -0.2) is 22.4 Å². The van der Waals surface area contributed by atoms with E-state index in [9.17, 15) is 0 Å². The zero-order chi connectivity index (χ0) is 39.0. The molecule has 2 unspecified atom stereocenters. The van der Waals surface area contributed by atoms with Crippen molar-refractivity contribution in [1.82, 2.24) is 14.8 Å². The Bertz CT molecular complexity index is 3360. The van der Waals surface area contributed by atoms with Gasteiger partial charge in [-0.25, -0.2) is 4.99 Å². The third kappa shape index (κ3) is 5.39. The molecule has 0 fully saturated rings. The number of benzene rings is 9. The van der Waals surface area contributed by atoms with E-state index in [2.05, 4.69) is 210 Å². The van der Waals surface area contributed by atoms with Crippen molar-refractivity contribution in [3.8, 4) is 16.8 Å². The number of amidine groups is 1. The number of fused-ring (bicyclic) bond motifs is 8. The zero-order valence-corrected chi connectivity index (χ0v) is 32.4. The van der Waals surface area contributed by atoms with Gasteiger partial charge >= 0.3 is 0 Å². The molecule has 0 saturated carbocycles. The van der Waals surface area contributed by atoms with Gasteiger partial charge in [0.1, 0.15) is 29.4 Å². The summed E-state index contributed by atoms with van der Waals surface area (Å²) in [5.41, 5.74) is 10.5. The number of hydrogen-bond acceptors (Lipinski definition) is 4. The number of rotatable bonds is 5. The van der Waals surface area contributed by atoms with Gasteiger partial charge in [-0.3, -0.25) is 4.90 Å². The summed E-state index contributed by atoms with van der Waals surface area (Å²) in [6.07, 6.45) is -0.454. The number of furan rings is 1. The van der Waals surface area contributed by atoms with Crippen molar-refractivity contribution in [3.05, 3.63) is 211 Å². The van der Waals surface area contributed by atoms with Crippen molar-refractivity contribution >= 4 is 71.1 Å². The van der Waals surface area contributed by atoms with Gasteiger partial charge in [0.05, 0.1) is 11.0 Å². The first-order valence-electron chi connectivity index (χ1n) is 20.2. The minimum atomic E-state index is -0.261. The number of para-hydroxylation sites is 1. The summed E-state index contributed by atoms with van der Waals surface area (Å²) in [4.78, 5) is 7.96. The molecule has 3 heterocycles. The van der Waals surface area contributed by atoms with Crippen LogP contribution in [0.3, 0.4) is 0 Å². The highest BCUT2D eigenvalue weighted by Gasteiger charge is 2.34. The molecule has 5 nitrogen and oxygen atoms in total. The number of aromatic nitrogens is 1. The molecule has 1 N–H and O–H groups in total. The third-order valence-electron chi connectivity index (χ3n) is 12.2. The average Bonchev–Trinajstić information content (AvgIpc) is 3.82. The molecule has 280 valence electrons. The second-order valence-electron chi connectivity index (χ2n) is 15.7. The Morgan fingerprint density at radius 3 is 1.76 bits per heavy atom. The molecular formula is C54H38N4O. The van der Waals surface area contributed by atoms with Gasteiger partial charge in [-0.15, -0.1) is 0 Å². The van der Waals surface area contributed by atoms with Crippen LogP contribution in [0, 0.1) is 0 Å². The Morgan fingerprint density at radius 2 is 1.07 bits per heavy atom. The van der Waals surface area contributed by atoms with E-state index in [1.807, 2.05) is 6.07 Å². The lowest BCUT2D eigenvalue weighted by molar-refractivity contribution is 0.152. The maximum atomic E-state index is 7.01. The van der Waals surface area contributed by atoms with Crippen molar-refractivity contribution in [1.29, 1.82) is 0 Å². The molecule has 1 aliphatic heterocycles. The molecule has 0 aliphatic carbocycles. The fourth-order valence-electron chi connectivity index (χ4n) is 9.36. The summed E-state index contributed by atoms with van der Waals surface area (Å²) in [6, 6.07) is 69.6. The molecular weight excluding hydrogens is 721 g/mol. The number of nitrogens with zero attached hydrogens (tertiary/aromatic N) is 3. The molecule has 11 aromatic rings. The van der Waals surface area contributed by atoms with Crippen LogP contribution in [0.5, 0.6) is 0 Å². The van der Waals surface area contributed by atoms with Crippen LogP contribution < -0.4 is 5.32 Å². The van der Waals surface area contributed by atoms with E-state index in [0.717, 1.165) is 61.2 Å². The first-order chi connectivity index (χ1) is 29.2. The van der Waals surface area contributed by atoms with Gasteiger partial charge in [0.2, 0.25) is 0 Å². The fourth-order valence-corrected chi connectivity index (χ4v) is 9.36. The Balaban J connectivity index is 1.17. The van der Waals surface area contributed by atoms with Gasteiger partial charge in [0, 0.05) is 27.1 Å². The predicted octanol–water partition coefficient (Wildman–Crippen LogP) is 13.3. The highest BCUT2D eigenvalue weighted by molar-refractivity contribution is 6.20. The Labute approximate surface area is 341 Å². The molecule has 2 aromatic heterocycles. The lowest BCUT2D eigenvalue weighted by atomic mass is 9.99. The molecule has 0 saturated heterocycles. The van der Waals surface area contributed by atoms with Crippen LogP contribution in [0.2, 0.25) is 0 Å². The van der Waals surface area contributed by atoms with Crippen molar-refractivity contribution in [2.24, 2.45) is 4.99 Å². The van der Waals surface area contributed by atoms with E-state index in [-0.39, 0.29) is 12.3 Å². The molecule has 0 bridgehead atoms. The highest BCUT2D eigenvalue weighted by atomic mass is 16.3. The van der Waals surface area contributed by atoms with E-state index in [1.54, 1.807) is 0 Å². The molecule has 59 heavy (non-hydrogen) atoms. The van der Waals surface area contributed by atoms with Crippen LogP contribution in [0.1, 0.15) is 29.0 Å². The topological polar surface area (TPSA) is 45.7 Å². The molecule has 5 heteroatoms. The van der Waals surface area contributed by atoms with Crippen molar-refractivity contribution in [2.45, 2.75) is 12.3 Å². The summed E-state index contributed by atoms with van der Waals surface area (Å²) < 4.78 is 9.45. The molecule has 1 aliphatic rings. The van der Waals surface area contributed by atoms with E-state index >= 15 is 0 Å². The second-order valence-corrected chi connectivity index (χ2v) is 15.7. The Kier molecular flexibility index (Phi) is 7.59. The van der Waals surface area contributed by atoms with Gasteiger partial charge in [0.15, 0.2) is 5.58 Å². The highest BCUT2D eigenvalue weighted by Crippen LogP contribution is 2.43. The Morgan fingerprint density at radius 1 is 0.492 bits per heavy atom. The first-order valence-corrected chi connectivity index (χ1v) is 20.2. The van der Waals surface area contributed by atoms with Crippen LogP contribution in [0.4, 0.5) is 0 Å². The number of aliphatic imine (C=N–C) groups is 1. The van der Waals surface area contributed by atoms with Crippen LogP contribution in [0.25, 0.3) is 82.1 Å². The quantitative estimate of drug-likeness (QED) is 0.190. The third-order valence-corrected chi connectivity index (χ3v) is 12.2. The van der Waals surface area contributed by atoms with Crippen molar-refractivity contribution < 1.29 is 4.42 Å². The Hall–Kier alpha value is -7.47. The normalized spacial score (nSPS) is 16.1. The smallest absolute Gasteiger partial charge is 0.160 e. The second kappa shape index (κ2) is 13.3. The largest absolute Gasteiger partial charge is 0.454 e. The molecule has 12 rings (SSSR count). The van der Waals surface area contributed by atoms with Crippen molar-refractivity contribution in [3.63, 3.8) is 0 Å².